The molecule has 1 aromatic carbocycles. The fraction of sp³-hybridized carbons (Fsp3) is 0.556. The van der Waals surface area contributed by atoms with Crippen LogP contribution in [-0.2, 0) is 21.4 Å². The number of benzene rings is 1. The second kappa shape index (κ2) is 9.70. The van der Waals surface area contributed by atoms with E-state index >= 15 is 0 Å². The van der Waals surface area contributed by atoms with E-state index in [0.29, 0.717) is 18.9 Å². The van der Waals surface area contributed by atoms with Gasteiger partial charge >= 0.3 is 0 Å². The van der Waals surface area contributed by atoms with Crippen molar-refractivity contribution < 1.29 is 13.2 Å². The first-order chi connectivity index (χ1) is 12.8. The second-order valence-electron chi connectivity index (χ2n) is 6.67. The highest BCUT2D eigenvalue weighted by molar-refractivity contribution is 7.89. The monoisotopic (exact) mass is 395 g/mol. The number of carbonyl (C=O) groups excluding carboxylic acids is 1. The maximum absolute atomic E-state index is 11.5. The molecular formula is C18H29N5O3S. The van der Waals surface area contributed by atoms with E-state index in [1.807, 2.05) is 13.0 Å². The molecule has 1 heterocycles. The third-order valence-electron chi connectivity index (χ3n) is 4.64. The molecule has 1 saturated heterocycles. The highest BCUT2D eigenvalue weighted by Gasteiger charge is 2.23. The molecule has 0 spiro atoms. The number of guanidine groups is 1. The van der Waals surface area contributed by atoms with Gasteiger partial charge in [0.15, 0.2) is 5.96 Å². The van der Waals surface area contributed by atoms with Crippen molar-refractivity contribution in [1.82, 2.24) is 15.5 Å². The summed E-state index contributed by atoms with van der Waals surface area (Å²) in [4.78, 5) is 18.5. The van der Waals surface area contributed by atoms with Gasteiger partial charge in [0.05, 0.1) is 11.4 Å². The average Bonchev–Trinajstić information content (AvgIpc) is 2.65. The van der Waals surface area contributed by atoms with Crippen molar-refractivity contribution >= 4 is 21.9 Å². The highest BCUT2D eigenvalue weighted by Crippen LogP contribution is 2.20. The first kappa shape index (κ1) is 21.2. The lowest BCUT2D eigenvalue weighted by Crippen LogP contribution is -2.46. The fourth-order valence-corrected chi connectivity index (χ4v) is 3.71. The van der Waals surface area contributed by atoms with Gasteiger partial charge in [0, 0.05) is 33.1 Å². The topological polar surface area (TPSA) is 117 Å². The predicted molar refractivity (Wildman–Crippen MR) is 106 cm³/mol. The van der Waals surface area contributed by atoms with Crippen molar-refractivity contribution in [3.63, 3.8) is 0 Å². The lowest BCUT2D eigenvalue weighted by molar-refractivity contribution is -0.121. The van der Waals surface area contributed by atoms with Crippen LogP contribution in [0.3, 0.4) is 0 Å². The van der Waals surface area contributed by atoms with Gasteiger partial charge in [0.25, 0.3) is 0 Å². The molecule has 0 aliphatic carbocycles. The van der Waals surface area contributed by atoms with Crippen LogP contribution in [0.15, 0.2) is 34.2 Å². The molecule has 0 aromatic heterocycles. The molecule has 4 N–H and O–H groups in total. The molecule has 1 amide bonds. The largest absolute Gasteiger partial charge is 0.359 e. The Morgan fingerprint density at radius 1 is 1.33 bits per heavy atom. The molecule has 27 heavy (non-hydrogen) atoms. The van der Waals surface area contributed by atoms with E-state index in [2.05, 4.69) is 20.5 Å². The van der Waals surface area contributed by atoms with Crippen LogP contribution in [0.1, 0.15) is 31.7 Å². The smallest absolute Gasteiger partial charge is 0.238 e. The summed E-state index contributed by atoms with van der Waals surface area (Å²) in [5, 5.41) is 11.2. The first-order valence-electron chi connectivity index (χ1n) is 9.19. The minimum atomic E-state index is -3.72. The van der Waals surface area contributed by atoms with Crippen LogP contribution >= 0.6 is 0 Å². The van der Waals surface area contributed by atoms with Gasteiger partial charge < -0.3 is 15.5 Å². The molecule has 0 bridgehead atoms. The zero-order chi connectivity index (χ0) is 19.9. The molecule has 1 aromatic rings. The van der Waals surface area contributed by atoms with Gasteiger partial charge in [-0.25, -0.2) is 18.5 Å². The fourth-order valence-electron chi connectivity index (χ4n) is 3.13. The Labute approximate surface area is 161 Å². The number of rotatable bonds is 6. The average molecular weight is 396 g/mol. The third-order valence-corrected chi connectivity index (χ3v) is 5.55. The molecule has 1 fully saturated rings. The highest BCUT2D eigenvalue weighted by atomic mass is 32.2. The van der Waals surface area contributed by atoms with Crippen LogP contribution in [-0.4, -0.2) is 51.9 Å². The number of nitrogens with zero attached hydrogens (tertiary/aromatic N) is 2. The number of piperidine rings is 1. The molecule has 1 aliphatic rings. The van der Waals surface area contributed by atoms with Crippen molar-refractivity contribution in [2.75, 3.05) is 26.7 Å². The lowest BCUT2D eigenvalue weighted by atomic mass is 9.93. The van der Waals surface area contributed by atoms with Crippen molar-refractivity contribution in [3.8, 4) is 0 Å². The number of amides is 1. The zero-order valence-corrected chi connectivity index (χ0v) is 16.8. The SMILES string of the molecule is CCNC(=NCc1cccc(S(N)(=O)=O)c1)N1CCC(CC(=O)NC)CC1. The Hall–Kier alpha value is -2.13. The third kappa shape index (κ3) is 6.51. The number of likely N-dealkylation sites (tertiary alicyclic amines) is 1. The number of aliphatic imine (C=N–C) groups is 1. The summed E-state index contributed by atoms with van der Waals surface area (Å²) < 4.78 is 23.0. The van der Waals surface area contributed by atoms with Crippen LogP contribution in [0, 0.1) is 5.92 Å². The number of hydrogen-bond donors (Lipinski definition) is 3. The van der Waals surface area contributed by atoms with Gasteiger partial charge in [-0.2, -0.15) is 0 Å². The maximum Gasteiger partial charge on any atom is 0.238 e. The van der Waals surface area contributed by atoms with Gasteiger partial charge in [-0.3, -0.25) is 4.79 Å². The molecular weight excluding hydrogens is 366 g/mol. The van der Waals surface area contributed by atoms with E-state index < -0.39 is 10.0 Å². The van der Waals surface area contributed by atoms with Gasteiger partial charge in [-0.15, -0.1) is 0 Å². The van der Waals surface area contributed by atoms with Crippen LogP contribution in [0.4, 0.5) is 0 Å². The quantitative estimate of drug-likeness (QED) is 0.483. The number of primary sulfonamides is 1. The van der Waals surface area contributed by atoms with Crippen molar-refractivity contribution in [1.29, 1.82) is 0 Å². The molecule has 9 heteroatoms. The summed E-state index contributed by atoms with van der Waals surface area (Å²) in [5.74, 6) is 1.29. The number of nitrogens with two attached hydrogens (primary N) is 1. The zero-order valence-electron chi connectivity index (χ0n) is 15.9. The standard InChI is InChI=1S/C18H29N5O3S/c1-3-21-18(23-9-7-14(8-10-23)12-17(24)20-2)22-13-15-5-4-6-16(11-15)27(19,25)26/h4-6,11,14H,3,7-10,12-13H2,1-2H3,(H,20,24)(H,21,22)(H2,19,25,26). The van der Waals surface area contributed by atoms with E-state index in [9.17, 15) is 13.2 Å². The lowest BCUT2D eigenvalue weighted by Gasteiger charge is -2.34. The van der Waals surface area contributed by atoms with Crippen LogP contribution in [0.5, 0.6) is 0 Å². The van der Waals surface area contributed by atoms with Gasteiger partial charge in [-0.1, -0.05) is 12.1 Å². The number of carbonyl (C=O) groups is 1. The summed E-state index contributed by atoms with van der Waals surface area (Å²) in [6.07, 6.45) is 2.45. The van der Waals surface area contributed by atoms with E-state index in [4.69, 9.17) is 5.14 Å². The maximum atomic E-state index is 11.5. The molecule has 0 saturated carbocycles. The minimum absolute atomic E-state index is 0.0868. The van der Waals surface area contributed by atoms with Crippen molar-refractivity contribution in [2.24, 2.45) is 16.0 Å². The van der Waals surface area contributed by atoms with E-state index in [0.717, 1.165) is 44.0 Å². The molecule has 0 radical (unpaired) electrons. The van der Waals surface area contributed by atoms with Crippen LogP contribution in [0.2, 0.25) is 0 Å². The number of sulfonamides is 1. The number of hydrogen-bond acceptors (Lipinski definition) is 4. The molecule has 8 nitrogen and oxygen atoms in total. The van der Waals surface area contributed by atoms with Crippen molar-refractivity contribution in [3.05, 3.63) is 29.8 Å². The minimum Gasteiger partial charge on any atom is -0.359 e. The summed E-state index contributed by atoms with van der Waals surface area (Å²) in [6.45, 7) is 4.79. The Bertz CT molecular complexity index is 771. The van der Waals surface area contributed by atoms with Gasteiger partial charge in [0.1, 0.15) is 0 Å². The molecule has 150 valence electrons. The Kier molecular flexibility index (Phi) is 7.61. The van der Waals surface area contributed by atoms with E-state index in [1.54, 1.807) is 19.2 Å². The van der Waals surface area contributed by atoms with Crippen molar-refractivity contribution in [2.45, 2.75) is 37.6 Å². The molecule has 2 rings (SSSR count). The summed E-state index contributed by atoms with van der Waals surface area (Å²) in [7, 11) is -2.06. The van der Waals surface area contributed by atoms with Crippen LogP contribution in [0.25, 0.3) is 0 Å². The summed E-state index contributed by atoms with van der Waals surface area (Å²) >= 11 is 0. The molecule has 1 aliphatic heterocycles. The van der Waals surface area contributed by atoms with E-state index in [-0.39, 0.29) is 10.8 Å². The Morgan fingerprint density at radius 2 is 2.04 bits per heavy atom. The number of nitrogens with one attached hydrogen (secondary N) is 2. The Morgan fingerprint density at radius 3 is 2.63 bits per heavy atom. The summed E-state index contributed by atoms with van der Waals surface area (Å²) in [6, 6.07) is 6.53. The Balaban J connectivity index is 2.02. The predicted octanol–water partition coefficient (Wildman–Crippen LogP) is 0.648. The van der Waals surface area contributed by atoms with E-state index in [1.165, 1.54) is 6.07 Å². The van der Waals surface area contributed by atoms with Gasteiger partial charge in [0.2, 0.25) is 15.9 Å². The van der Waals surface area contributed by atoms with Gasteiger partial charge in [-0.05, 0) is 43.4 Å². The normalized spacial score (nSPS) is 16.3. The molecule has 0 atom stereocenters. The molecule has 0 unspecified atom stereocenters. The summed E-state index contributed by atoms with van der Waals surface area (Å²) in [5.41, 5.74) is 0.784. The second-order valence-corrected chi connectivity index (χ2v) is 8.23. The van der Waals surface area contributed by atoms with Crippen LogP contribution < -0.4 is 15.8 Å². The first-order valence-corrected chi connectivity index (χ1v) is 10.7.